The van der Waals surface area contributed by atoms with Gasteiger partial charge in [-0.2, -0.15) is 0 Å². The first kappa shape index (κ1) is 20.4. The van der Waals surface area contributed by atoms with Gasteiger partial charge in [0.15, 0.2) is 0 Å². The molecule has 144 valence electrons. The monoisotopic (exact) mass is 380 g/mol. The van der Waals surface area contributed by atoms with Gasteiger partial charge in [0.25, 0.3) is 0 Å². The fourth-order valence-electron chi connectivity index (χ4n) is 2.56. The van der Waals surface area contributed by atoms with Crippen molar-refractivity contribution in [2.75, 3.05) is 22.9 Å². The molecule has 0 aliphatic carbocycles. The summed E-state index contributed by atoms with van der Waals surface area (Å²) in [5, 5.41) is 18.1. The van der Waals surface area contributed by atoms with Crippen LogP contribution in [0.5, 0.6) is 0 Å². The van der Waals surface area contributed by atoms with E-state index >= 15 is 0 Å². The van der Waals surface area contributed by atoms with Crippen molar-refractivity contribution in [2.45, 2.75) is 0 Å². The van der Waals surface area contributed by atoms with Crippen molar-refractivity contribution in [3.8, 4) is 0 Å². The van der Waals surface area contributed by atoms with Gasteiger partial charge in [-0.1, -0.05) is 12.2 Å². The molecule has 7 nitrogen and oxygen atoms in total. The first-order valence-corrected chi connectivity index (χ1v) is 8.36. The first-order valence-electron chi connectivity index (χ1n) is 8.36. The van der Waals surface area contributed by atoms with Crippen molar-refractivity contribution in [1.82, 2.24) is 0 Å². The average Bonchev–Trinajstić information content (AvgIpc) is 2.70. The van der Waals surface area contributed by atoms with Crippen LogP contribution in [0.15, 0.2) is 73.8 Å². The van der Waals surface area contributed by atoms with Gasteiger partial charge in [-0.15, -0.1) is 13.2 Å². The number of aromatic carboxylic acids is 2. The second-order valence-corrected chi connectivity index (χ2v) is 5.79. The molecule has 0 radical (unpaired) electrons. The average molecular weight is 380 g/mol. The van der Waals surface area contributed by atoms with Gasteiger partial charge in [0.2, 0.25) is 0 Å². The van der Waals surface area contributed by atoms with Crippen LogP contribution in [0.3, 0.4) is 0 Å². The molecule has 2 aromatic carbocycles. The molecule has 0 unspecified atom stereocenters. The Morgan fingerprint density at radius 1 is 0.714 bits per heavy atom. The molecular formula is C21H20N2O5. The van der Waals surface area contributed by atoms with Gasteiger partial charge in [-0.25, -0.2) is 14.4 Å². The summed E-state index contributed by atoms with van der Waals surface area (Å²) in [4.78, 5) is 38.1. The number of carbonyl (C=O) groups excluding carboxylic acids is 1. The number of carbonyl (C=O) groups is 3. The summed E-state index contributed by atoms with van der Waals surface area (Å²) < 4.78 is 0. The number of hydrogen-bond donors (Lipinski definition) is 2. The van der Waals surface area contributed by atoms with Crippen molar-refractivity contribution >= 4 is 29.3 Å². The number of urea groups is 1. The van der Waals surface area contributed by atoms with Gasteiger partial charge >= 0.3 is 18.0 Å². The molecule has 0 aliphatic rings. The third kappa shape index (κ3) is 4.64. The van der Waals surface area contributed by atoms with Crippen LogP contribution in [-0.4, -0.2) is 41.3 Å². The van der Waals surface area contributed by atoms with Crippen molar-refractivity contribution < 1.29 is 24.6 Å². The van der Waals surface area contributed by atoms with E-state index in [0.29, 0.717) is 11.4 Å². The van der Waals surface area contributed by atoms with E-state index in [1.54, 1.807) is 36.4 Å². The van der Waals surface area contributed by atoms with Crippen molar-refractivity contribution in [3.63, 3.8) is 0 Å². The van der Waals surface area contributed by atoms with Crippen LogP contribution in [-0.2, 0) is 0 Å². The molecule has 0 aromatic heterocycles. The highest BCUT2D eigenvalue weighted by Gasteiger charge is 2.23. The summed E-state index contributed by atoms with van der Waals surface area (Å²) in [5.41, 5.74) is 1.24. The second-order valence-electron chi connectivity index (χ2n) is 5.79. The molecule has 2 N–H and O–H groups in total. The second kappa shape index (κ2) is 9.18. The molecule has 0 spiro atoms. The van der Waals surface area contributed by atoms with Gasteiger partial charge in [0, 0.05) is 24.5 Å². The Bertz CT molecular complexity index is 815. The predicted molar refractivity (Wildman–Crippen MR) is 107 cm³/mol. The summed E-state index contributed by atoms with van der Waals surface area (Å²) in [6.07, 6.45) is 3.12. The summed E-state index contributed by atoms with van der Waals surface area (Å²) >= 11 is 0. The lowest BCUT2D eigenvalue weighted by atomic mass is 10.2. The molecule has 28 heavy (non-hydrogen) atoms. The zero-order valence-electron chi connectivity index (χ0n) is 15.1. The largest absolute Gasteiger partial charge is 0.478 e. The number of hydrogen-bond acceptors (Lipinski definition) is 3. The fourth-order valence-corrected chi connectivity index (χ4v) is 2.56. The van der Waals surface area contributed by atoms with Crippen LogP contribution in [0.25, 0.3) is 0 Å². The topological polar surface area (TPSA) is 98.2 Å². The maximum atomic E-state index is 13.2. The molecule has 0 heterocycles. The summed E-state index contributed by atoms with van der Waals surface area (Å²) in [7, 11) is 0. The lowest BCUT2D eigenvalue weighted by Gasteiger charge is -2.29. The van der Waals surface area contributed by atoms with Gasteiger partial charge in [0.1, 0.15) is 0 Å². The van der Waals surface area contributed by atoms with E-state index in [0.717, 1.165) is 0 Å². The number of carboxylic acids is 2. The highest BCUT2D eigenvalue weighted by Crippen LogP contribution is 2.22. The van der Waals surface area contributed by atoms with Crippen LogP contribution in [0, 0.1) is 0 Å². The fraction of sp³-hybridized carbons (Fsp3) is 0.0952. The third-order valence-electron chi connectivity index (χ3n) is 3.94. The Labute approximate surface area is 162 Å². The van der Waals surface area contributed by atoms with E-state index in [1.807, 2.05) is 0 Å². The minimum atomic E-state index is -1.06. The summed E-state index contributed by atoms with van der Waals surface area (Å²) in [6, 6.07) is 11.5. The standard InChI is InChI=1S/C21H20N2O5/c1-3-13-22(17-9-5-15(6-10-17)19(24)25)21(28)23(14-4-2)18-11-7-16(8-12-18)20(26)27/h3-12H,1-2,13-14H2,(H,24,25)(H,26,27). The zero-order chi connectivity index (χ0) is 20.7. The highest BCUT2D eigenvalue weighted by molar-refractivity contribution is 6.04. The number of amides is 2. The highest BCUT2D eigenvalue weighted by atomic mass is 16.4. The van der Waals surface area contributed by atoms with E-state index in [1.165, 1.54) is 34.1 Å². The van der Waals surface area contributed by atoms with Crippen LogP contribution >= 0.6 is 0 Å². The summed E-state index contributed by atoms with van der Waals surface area (Å²) in [6.45, 7) is 7.74. The Balaban J connectivity index is 2.38. The smallest absolute Gasteiger partial charge is 0.335 e. The van der Waals surface area contributed by atoms with Crippen LogP contribution in [0.1, 0.15) is 20.7 Å². The SMILES string of the molecule is C=CCN(C(=O)N(CC=C)c1ccc(C(=O)O)cc1)c1ccc(C(=O)O)cc1. The van der Waals surface area contributed by atoms with E-state index in [2.05, 4.69) is 13.2 Å². The molecule has 0 aliphatic heterocycles. The van der Waals surface area contributed by atoms with Crippen molar-refractivity contribution in [1.29, 1.82) is 0 Å². The molecule has 0 bridgehead atoms. The van der Waals surface area contributed by atoms with Crippen molar-refractivity contribution in [3.05, 3.63) is 85.0 Å². The molecule has 2 amide bonds. The molecule has 0 fully saturated rings. The minimum absolute atomic E-state index is 0.113. The van der Waals surface area contributed by atoms with Gasteiger partial charge in [0.05, 0.1) is 11.1 Å². The molecule has 0 atom stereocenters. The Morgan fingerprint density at radius 3 is 1.29 bits per heavy atom. The predicted octanol–water partition coefficient (Wildman–Crippen LogP) is 3.89. The maximum Gasteiger partial charge on any atom is 0.335 e. The van der Waals surface area contributed by atoms with E-state index in [4.69, 9.17) is 10.2 Å². The molecule has 2 aromatic rings. The normalized spacial score (nSPS) is 10.0. The number of nitrogens with zero attached hydrogens (tertiary/aromatic N) is 2. The third-order valence-corrected chi connectivity index (χ3v) is 3.94. The quantitative estimate of drug-likeness (QED) is 0.677. The summed E-state index contributed by atoms with van der Waals surface area (Å²) in [5.74, 6) is -2.11. The number of rotatable bonds is 8. The van der Waals surface area contributed by atoms with E-state index in [-0.39, 0.29) is 30.2 Å². The Hall–Kier alpha value is -3.87. The van der Waals surface area contributed by atoms with Crippen LogP contribution in [0.2, 0.25) is 0 Å². The van der Waals surface area contributed by atoms with E-state index in [9.17, 15) is 14.4 Å². The molecule has 0 saturated carbocycles. The zero-order valence-corrected chi connectivity index (χ0v) is 15.1. The van der Waals surface area contributed by atoms with Crippen LogP contribution in [0.4, 0.5) is 16.2 Å². The number of carboxylic acid groups (broad SMARTS) is 2. The molecule has 0 saturated heterocycles. The maximum absolute atomic E-state index is 13.2. The number of benzene rings is 2. The minimum Gasteiger partial charge on any atom is -0.478 e. The van der Waals surface area contributed by atoms with Crippen LogP contribution < -0.4 is 9.80 Å². The molecular weight excluding hydrogens is 360 g/mol. The van der Waals surface area contributed by atoms with Gasteiger partial charge < -0.3 is 10.2 Å². The molecule has 2 rings (SSSR count). The van der Waals surface area contributed by atoms with Crippen molar-refractivity contribution in [2.24, 2.45) is 0 Å². The van der Waals surface area contributed by atoms with E-state index < -0.39 is 11.9 Å². The Morgan fingerprint density at radius 2 is 1.04 bits per heavy atom. The molecule has 7 heteroatoms. The Kier molecular flexibility index (Phi) is 6.70. The lowest BCUT2D eigenvalue weighted by molar-refractivity contribution is 0.0686. The number of anilines is 2. The first-order chi connectivity index (χ1) is 13.4. The van der Waals surface area contributed by atoms with Gasteiger partial charge in [-0.05, 0) is 48.5 Å². The van der Waals surface area contributed by atoms with Gasteiger partial charge in [-0.3, -0.25) is 9.80 Å². The lowest BCUT2D eigenvalue weighted by Crippen LogP contribution is -2.44.